The third-order valence-corrected chi connectivity index (χ3v) is 5.99. The SMILES string of the molecule is O=C1[C@H]2CCCC[C@@H]2C(=O)N1CN1CCN(Cc2ccccc2)CC1. The number of amides is 2. The van der Waals surface area contributed by atoms with Crippen LogP contribution < -0.4 is 0 Å². The standard InChI is InChI=1S/C20H27N3O2/c24-19-17-8-4-5-9-18(17)20(25)23(19)15-22-12-10-21(11-13-22)14-16-6-2-1-3-7-16/h1-3,6-7,17-18H,4-5,8-15H2/t17-,18-/m0/s1. The Kier molecular flexibility index (Phi) is 4.86. The largest absolute Gasteiger partial charge is 0.297 e. The van der Waals surface area contributed by atoms with E-state index in [9.17, 15) is 9.59 Å². The fraction of sp³-hybridized carbons (Fsp3) is 0.600. The third-order valence-electron chi connectivity index (χ3n) is 5.99. The predicted octanol–water partition coefficient (Wildman–Crippen LogP) is 1.94. The summed E-state index contributed by atoms with van der Waals surface area (Å²) in [6, 6.07) is 10.5. The van der Waals surface area contributed by atoms with E-state index in [1.807, 2.05) is 6.07 Å². The van der Waals surface area contributed by atoms with E-state index < -0.39 is 0 Å². The number of imide groups is 1. The van der Waals surface area contributed by atoms with Gasteiger partial charge in [-0.15, -0.1) is 0 Å². The van der Waals surface area contributed by atoms with E-state index in [1.54, 1.807) is 4.90 Å². The second-order valence-electron chi connectivity index (χ2n) is 7.62. The van der Waals surface area contributed by atoms with Crippen molar-refractivity contribution in [2.75, 3.05) is 32.8 Å². The molecule has 3 fully saturated rings. The molecule has 25 heavy (non-hydrogen) atoms. The van der Waals surface area contributed by atoms with Gasteiger partial charge in [-0.25, -0.2) is 0 Å². The van der Waals surface area contributed by atoms with Crippen LogP contribution in [0.3, 0.4) is 0 Å². The lowest BCUT2D eigenvalue weighted by atomic mass is 9.81. The molecule has 2 heterocycles. The van der Waals surface area contributed by atoms with E-state index in [0.717, 1.165) is 58.4 Å². The number of piperazine rings is 1. The molecular formula is C20H27N3O2. The van der Waals surface area contributed by atoms with Crippen LogP contribution in [0.5, 0.6) is 0 Å². The van der Waals surface area contributed by atoms with Gasteiger partial charge in [-0.05, 0) is 18.4 Å². The van der Waals surface area contributed by atoms with Crippen molar-refractivity contribution in [1.29, 1.82) is 0 Å². The van der Waals surface area contributed by atoms with Gasteiger partial charge in [-0.3, -0.25) is 24.3 Å². The summed E-state index contributed by atoms with van der Waals surface area (Å²) in [7, 11) is 0. The molecule has 2 atom stereocenters. The summed E-state index contributed by atoms with van der Waals surface area (Å²) < 4.78 is 0. The minimum Gasteiger partial charge on any atom is -0.297 e. The molecule has 1 saturated carbocycles. The second kappa shape index (κ2) is 7.26. The maximum atomic E-state index is 12.6. The molecule has 0 N–H and O–H groups in total. The van der Waals surface area contributed by atoms with E-state index in [2.05, 4.69) is 34.1 Å². The first-order valence-corrected chi connectivity index (χ1v) is 9.56. The molecule has 2 amide bonds. The second-order valence-corrected chi connectivity index (χ2v) is 7.62. The Bertz CT molecular complexity index is 601. The number of hydrogen-bond donors (Lipinski definition) is 0. The molecule has 134 valence electrons. The highest BCUT2D eigenvalue weighted by Gasteiger charge is 2.48. The zero-order valence-corrected chi connectivity index (χ0v) is 14.8. The molecule has 2 saturated heterocycles. The van der Waals surface area contributed by atoms with Crippen molar-refractivity contribution in [2.24, 2.45) is 11.8 Å². The minimum absolute atomic E-state index is 0.0272. The Balaban J connectivity index is 1.30. The van der Waals surface area contributed by atoms with Crippen molar-refractivity contribution in [3.63, 3.8) is 0 Å². The Morgan fingerprint density at radius 3 is 1.96 bits per heavy atom. The van der Waals surface area contributed by atoms with Crippen LogP contribution >= 0.6 is 0 Å². The van der Waals surface area contributed by atoms with E-state index in [0.29, 0.717) is 6.67 Å². The molecule has 0 spiro atoms. The maximum absolute atomic E-state index is 12.6. The summed E-state index contributed by atoms with van der Waals surface area (Å²) in [6.07, 6.45) is 3.98. The van der Waals surface area contributed by atoms with Crippen molar-refractivity contribution in [1.82, 2.24) is 14.7 Å². The van der Waals surface area contributed by atoms with E-state index >= 15 is 0 Å². The first-order valence-electron chi connectivity index (χ1n) is 9.56. The smallest absolute Gasteiger partial charge is 0.234 e. The van der Waals surface area contributed by atoms with Crippen molar-refractivity contribution in [3.8, 4) is 0 Å². The molecule has 1 aliphatic carbocycles. The van der Waals surface area contributed by atoms with Crippen LogP contribution in [0.1, 0.15) is 31.2 Å². The molecule has 2 aliphatic heterocycles. The molecular weight excluding hydrogens is 314 g/mol. The molecule has 0 bridgehead atoms. The quantitative estimate of drug-likeness (QED) is 0.785. The maximum Gasteiger partial charge on any atom is 0.234 e. The molecule has 3 aliphatic rings. The highest BCUT2D eigenvalue weighted by Crippen LogP contribution is 2.38. The molecule has 5 nitrogen and oxygen atoms in total. The van der Waals surface area contributed by atoms with Gasteiger partial charge < -0.3 is 0 Å². The van der Waals surface area contributed by atoms with Gasteiger partial charge in [0.05, 0.1) is 18.5 Å². The topological polar surface area (TPSA) is 43.9 Å². The predicted molar refractivity (Wildman–Crippen MR) is 95.5 cm³/mol. The summed E-state index contributed by atoms with van der Waals surface area (Å²) >= 11 is 0. The average Bonchev–Trinajstić information content (AvgIpc) is 2.89. The zero-order chi connectivity index (χ0) is 17.2. The number of benzene rings is 1. The van der Waals surface area contributed by atoms with Gasteiger partial charge in [0, 0.05) is 32.7 Å². The van der Waals surface area contributed by atoms with Crippen LogP contribution in [0.25, 0.3) is 0 Å². The van der Waals surface area contributed by atoms with Crippen LogP contribution in [0, 0.1) is 11.8 Å². The molecule has 1 aromatic rings. The van der Waals surface area contributed by atoms with Crippen LogP contribution in [0.4, 0.5) is 0 Å². The van der Waals surface area contributed by atoms with E-state index in [-0.39, 0.29) is 23.7 Å². The van der Waals surface area contributed by atoms with Gasteiger partial charge in [-0.2, -0.15) is 0 Å². The Morgan fingerprint density at radius 1 is 0.800 bits per heavy atom. The highest BCUT2D eigenvalue weighted by molar-refractivity contribution is 6.05. The average molecular weight is 341 g/mol. The van der Waals surface area contributed by atoms with E-state index in [1.165, 1.54) is 5.56 Å². The van der Waals surface area contributed by atoms with Gasteiger partial charge in [0.1, 0.15) is 0 Å². The molecule has 0 unspecified atom stereocenters. The molecule has 1 aromatic carbocycles. The lowest BCUT2D eigenvalue weighted by Crippen LogP contribution is -2.51. The summed E-state index contributed by atoms with van der Waals surface area (Å²) in [5, 5.41) is 0. The van der Waals surface area contributed by atoms with Crippen molar-refractivity contribution in [2.45, 2.75) is 32.2 Å². The number of fused-ring (bicyclic) bond motifs is 1. The fourth-order valence-corrected chi connectivity index (χ4v) is 4.50. The molecule has 0 radical (unpaired) electrons. The molecule has 0 aromatic heterocycles. The van der Waals surface area contributed by atoms with Gasteiger partial charge in [0.15, 0.2) is 0 Å². The van der Waals surface area contributed by atoms with Crippen LogP contribution in [-0.4, -0.2) is 59.4 Å². The minimum atomic E-state index is -0.0272. The van der Waals surface area contributed by atoms with Crippen molar-refractivity contribution >= 4 is 11.8 Å². The third kappa shape index (κ3) is 3.48. The van der Waals surface area contributed by atoms with Gasteiger partial charge in [0.2, 0.25) is 11.8 Å². The van der Waals surface area contributed by atoms with Crippen molar-refractivity contribution < 1.29 is 9.59 Å². The van der Waals surface area contributed by atoms with Crippen LogP contribution in [-0.2, 0) is 16.1 Å². The van der Waals surface area contributed by atoms with Gasteiger partial charge in [0.25, 0.3) is 0 Å². The van der Waals surface area contributed by atoms with Crippen LogP contribution in [0.2, 0.25) is 0 Å². The Hall–Kier alpha value is -1.72. The normalized spacial score (nSPS) is 28.4. The monoisotopic (exact) mass is 341 g/mol. The highest BCUT2D eigenvalue weighted by atomic mass is 16.2. The van der Waals surface area contributed by atoms with E-state index in [4.69, 9.17) is 0 Å². The fourth-order valence-electron chi connectivity index (χ4n) is 4.50. The van der Waals surface area contributed by atoms with Gasteiger partial charge >= 0.3 is 0 Å². The number of likely N-dealkylation sites (tertiary alicyclic amines) is 1. The first-order chi connectivity index (χ1) is 12.2. The summed E-state index contributed by atoms with van der Waals surface area (Å²) in [4.78, 5) is 31.4. The summed E-state index contributed by atoms with van der Waals surface area (Å²) in [5.41, 5.74) is 1.34. The number of carbonyl (C=O) groups excluding carboxylic acids is 2. The lowest BCUT2D eigenvalue weighted by molar-refractivity contribution is -0.142. The van der Waals surface area contributed by atoms with Gasteiger partial charge in [-0.1, -0.05) is 43.2 Å². The van der Waals surface area contributed by atoms with Crippen LogP contribution in [0.15, 0.2) is 30.3 Å². The first kappa shape index (κ1) is 16.7. The zero-order valence-electron chi connectivity index (χ0n) is 14.8. The lowest BCUT2D eigenvalue weighted by Gasteiger charge is -2.36. The molecule has 5 heteroatoms. The number of carbonyl (C=O) groups is 2. The Morgan fingerprint density at radius 2 is 1.36 bits per heavy atom. The summed E-state index contributed by atoms with van der Waals surface area (Å²) in [5.74, 6) is 0.115. The number of hydrogen-bond acceptors (Lipinski definition) is 4. The molecule has 4 rings (SSSR count). The van der Waals surface area contributed by atoms with Crippen molar-refractivity contribution in [3.05, 3.63) is 35.9 Å². The number of rotatable bonds is 4. The summed E-state index contributed by atoms with van der Waals surface area (Å²) in [6.45, 7) is 5.26. The number of nitrogens with zero attached hydrogens (tertiary/aromatic N) is 3. The Labute approximate surface area is 149 Å².